The maximum atomic E-state index is 12.0. The second-order valence-corrected chi connectivity index (χ2v) is 4.38. The summed E-state index contributed by atoms with van der Waals surface area (Å²) in [6.45, 7) is 1.64. The molecule has 0 spiro atoms. The number of hydrogen-bond acceptors (Lipinski definition) is 4. The topological polar surface area (TPSA) is 39.7 Å². The van der Waals surface area contributed by atoms with E-state index in [9.17, 15) is 13.2 Å². The van der Waals surface area contributed by atoms with E-state index in [0.717, 1.165) is 18.5 Å². The van der Waals surface area contributed by atoms with Gasteiger partial charge in [0.25, 0.3) is 0 Å². The summed E-state index contributed by atoms with van der Waals surface area (Å²) in [5, 5.41) is 3.20. The first-order chi connectivity index (χ1) is 9.96. The van der Waals surface area contributed by atoms with Gasteiger partial charge in [0.2, 0.25) is 0 Å². The van der Waals surface area contributed by atoms with E-state index < -0.39 is 19.6 Å². The van der Waals surface area contributed by atoms with Crippen LogP contribution in [0.5, 0.6) is 11.5 Å². The third-order valence-corrected chi connectivity index (χ3v) is 2.57. The lowest BCUT2D eigenvalue weighted by atomic mass is 10.2. The van der Waals surface area contributed by atoms with Gasteiger partial charge in [-0.15, -0.1) is 0 Å². The van der Waals surface area contributed by atoms with Gasteiger partial charge in [-0.1, -0.05) is 6.92 Å². The number of methoxy groups -OCH3 is 1. The molecule has 0 aliphatic carbocycles. The number of halogens is 3. The molecule has 0 unspecified atom stereocenters. The minimum Gasteiger partial charge on any atom is -0.497 e. The Bertz CT molecular complexity index is 424. The molecule has 1 rings (SSSR count). The minimum atomic E-state index is -4.35. The van der Waals surface area contributed by atoms with E-state index in [1.165, 1.54) is 0 Å². The standard InChI is InChI=1S/C14H20F3NO3/c1-3-6-18-8-11-7-12(19-2)4-5-13(11)21-10-20-9-14(15,16)17/h4-5,7,18H,3,6,8-10H2,1-2H3. The molecule has 0 saturated carbocycles. The predicted molar refractivity (Wildman–Crippen MR) is 72.5 cm³/mol. The van der Waals surface area contributed by atoms with Crippen molar-refractivity contribution in [2.75, 3.05) is 27.1 Å². The molecule has 0 aromatic heterocycles. The fraction of sp³-hybridized carbons (Fsp3) is 0.571. The lowest BCUT2D eigenvalue weighted by Gasteiger charge is -2.14. The number of ether oxygens (including phenoxy) is 3. The summed E-state index contributed by atoms with van der Waals surface area (Å²) >= 11 is 0. The first-order valence-electron chi connectivity index (χ1n) is 6.61. The third kappa shape index (κ3) is 7.19. The van der Waals surface area contributed by atoms with Crippen LogP contribution in [0.3, 0.4) is 0 Å². The largest absolute Gasteiger partial charge is 0.497 e. The number of nitrogens with one attached hydrogen (secondary N) is 1. The molecule has 0 fully saturated rings. The lowest BCUT2D eigenvalue weighted by Crippen LogP contribution is -2.19. The van der Waals surface area contributed by atoms with Crippen molar-refractivity contribution < 1.29 is 27.4 Å². The van der Waals surface area contributed by atoms with Gasteiger partial charge in [0.1, 0.15) is 18.1 Å². The molecule has 0 amide bonds. The molecule has 7 heteroatoms. The second kappa shape index (κ2) is 8.74. The van der Waals surface area contributed by atoms with Crippen LogP contribution in [-0.2, 0) is 11.3 Å². The first-order valence-corrected chi connectivity index (χ1v) is 6.61. The van der Waals surface area contributed by atoms with Crippen LogP contribution in [0.25, 0.3) is 0 Å². The zero-order valence-corrected chi connectivity index (χ0v) is 12.1. The third-order valence-electron chi connectivity index (χ3n) is 2.57. The molecule has 0 aliphatic heterocycles. The van der Waals surface area contributed by atoms with Crippen molar-refractivity contribution in [3.63, 3.8) is 0 Å². The normalized spacial score (nSPS) is 11.5. The summed E-state index contributed by atoms with van der Waals surface area (Å²) in [7, 11) is 1.55. The summed E-state index contributed by atoms with van der Waals surface area (Å²) in [4.78, 5) is 0. The maximum Gasteiger partial charge on any atom is 0.411 e. The van der Waals surface area contributed by atoms with Crippen molar-refractivity contribution in [3.05, 3.63) is 23.8 Å². The Kier molecular flexibility index (Phi) is 7.31. The van der Waals surface area contributed by atoms with Gasteiger partial charge in [0, 0.05) is 12.1 Å². The van der Waals surface area contributed by atoms with E-state index in [-0.39, 0.29) is 0 Å². The Labute approximate surface area is 122 Å². The van der Waals surface area contributed by atoms with Crippen LogP contribution in [0.4, 0.5) is 13.2 Å². The van der Waals surface area contributed by atoms with Crippen molar-refractivity contribution in [2.45, 2.75) is 26.1 Å². The van der Waals surface area contributed by atoms with E-state index in [1.807, 2.05) is 6.92 Å². The second-order valence-electron chi connectivity index (χ2n) is 4.38. The van der Waals surface area contributed by atoms with Crippen molar-refractivity contribution in [1.29, 1.82) is 0 Å². The summed E-state index contributed by atoms with van der Waals surface area (Å²) in [5.74, 6) is 1.13. The zero-order valence-electron chi connectivity index (χ0n) is 12.1. The van der Waals surface area contributed by atoms with Crippen LogP contribution >= 0.6 is 0 Å². The summed E-state index contributed by atoms with van der Waals surface area (Å²) < 4.78 is 50.7. The van der Waals surface area contributed by atoms with E-state index in [1.54, 1.807) is 25.3 Å². The summed E-state index contributed by atoms with van der Waals surface area (Å²) in [5.41, 5.74) is 0.804. The maximum absolute atomic E-state index is 12.0. The van der Waals surface area contributed by atoms with Crippen molar-refractivity contribution in [2.24, 2.45) is 0 Å². The summed E-state index contributed by atoms with van der Waals surface area (Å²) in [6.07, 6.45) is -3.37. The van der Waals surface area contributed by atoms with Crippen LogP contribution < -0.4 is 14.8 Å². The molecule has 120 valence electrons. The zero-order chi connectivity index (χ0) is 15.7. The highest BCUT2D eigenvalue weighted by atomic mass is 19.4. The van der Waals surface area contributed by atoms with Crippen molar-refractivity contribution in [3.8, 4) is 11.5 Å². The Hall–Kier alpha value is -1.47. The van der Waals surface area contributed by atoms with E-state index in [4.69, 9.17) is 9.47 Å². The molecule has 1 aromatic carbocycles. The van der Waals surface area contributed by atoms with Gasteiger partial charge in [-0.2, -0.15) is 13.2 Å². The average molecular weight is 307 g/mol. The van der Waals surface area contributed by atoms with Gasteiger partial charge < -0.3 is 19.5 Å². The van der Waals surface area contributed by atoms with Crippen molar-refractivity contribution >= 4 is 0 Å². The monoisotopic (exact) mass is 307 g/mol. The fourth-order valence-corrected chi connectivity index (χ4v) is 1.62. The fourth-order valence-electron chi connectivity index (χ4n) is 1.62. The molecule has 0 atom stereocenters. The Morgan fingerprint density at radius 2 is 2.00 bits per heavy atom. The van der Waals surface area contributed by atoms with E-state index in [2.05, 4.69) is 10.1 Å². The van der Waals surface area contributed by atoms with E-state index >= 15 is 0 Å². The van der Waals surface area contributed by atoms with Crippen LogP contribution in [0.1, 0.15) is 18.9 Å². The van der Waals surface area contributed by atoms with Gasteiger partial charge in [0.05, 0.1) is 7.11 Å². The van der Waals surface area contributed by atoms with Gasteiger partial charge in [-0.05, 0) is 31.2 Å². The highest BCUT2D eigenvalue weighted by Crippen LogP contribution is 2.24. The highest BCUT2D eigenvalue weighted by molar-refractivity contribution is 5.40. The smallest absolute Gasteiger partial charge is 0.411 e. The van der Waals surface area contributed by atoms with Crippen LogP contribution in [-0.4, -0.2) is 33.2 Å². The Balaban J connectivity index is 2.58. The molecule has 1 aromatic rings. The molecule has 0 heterocycles. The van der Waals surface area contributed by atoms with Crippen LogP contribution in [0, 0.1) is 0 Å². The van der Waals surface area contributed by atoms with Gasteiger partial charge >= 0.3 is 6.18 Å². The molecule has 0 radical (unpaired) electrons. The molecule has 0 aliphatic rings. The van der Waals surface area contributed by atoms with E-state index in [0.29, 0.717) is 18.0 Å². The molecular weight excluding hydrogens is 287 g/mol. The molecule has 0 bridgehead atoms. The molecule has 0 saturated heterocycles. The minimum absolute atomic E-state index is 0.452. The quantitative estimate of drug-likeness (QED) is 0.562. The van der Waals surface area contributed by atoms with Gasteiger partial charge in [-0.3, -0.25) is 0 Å². The number of benzene rings is 1. The van der Waals surface area contributed by atoms with Crippen LogP contribution in [0.2, 0.25) is 0 Å². The summed E-state index contributed by atoms with van der Waals surface area (Å²) in [6, 6.07) is 5.11. The number of rotatable bonds is 9. The van der Waals surface area contributed by atoms with Crippen LogP contribution in [0.15, 0.2) is 18.2 Å². The number of hydrogen-bond donors (Lipinski definition) is 1. The first kappa shape index (κ1) is 17.6. The molecule has 4 nitrogen and oxygen atoms in total. The number of alkyl halides is 3. The molecule has 1 N–H and O–H groups in total. The average Bonchev–Trinajstić information content (AvgIpc) is 2.43. The Morgan fingerprint density at radius 1 is 1.24 bits per heavy atom. The highest BCUT2D eigenvalue weighted by Gasteiger charge is 2.27. The predicted octanol–water partition coefficient (Wildman–Crippen LogP) is 3.11. The van der Waals surface area contributed by atoms with Gasteiger partial charge in [0.15, 0.2) is 6.79 Å². The SMILES string of the molecule is CCCNCc1cc(OC)ccc1OCOCC(F)(F)F. The Morgan fingerprint density at radius 3 is 2.62 bits per heavy atom. The lowest BCUT2D eigenvalue weighted by molar-refractivity contribution is -0.186. The van der Waals surface area contributed by atoms with Crippen molar-refractivity contribution in [1.82, 2.24) is 5.32 Å². The molecule has 21 heavy (non-hydrogen) atoms. The van der Waals surface area contributed by atoms with Gasteiger partial charge in [-0.25, -0.2) is 0 Å². The molecular formula is C14H20F3NO3.